The van der Waals surface area contributed by atoms with Crippen molar-refractivity contribution in [3.05, 3.63) is 95.7 Å². The van der Waals surface area contributed by atoms with Gasteiger partial charge in [0.1, 0.15) is 19.0 Å². The van der Waals surface area contributed by atoms with Crippen LogP contribution < -0.4 is 4.74 Å². The number of hydrogen-bond donors (Lipinski definition) is 1. The van der Waals surface area contributed by atoms with E-state index in [9.17, 15) is 10.3 Å². The molecule has 0 aliphatic carbocycles. The van der Waals surface area contributed by atoms with Crippen molar-refractivity contribution in [3.8, 4) is 5.75 Å². The molecule has 0 spiro atoms. The zero-order valence-corrected chi connectivity index (χ0v) is 14.4. The molecule has 3 aromatic rings. The molecule has 0 aromatic heterocycles. The normalized spacial score (nSPS) is 12.7. The van der Waals surface area contributed by atoms with Crippen LogP contribution in [0.4, 0.5) is 0 Å². The van der Waals surface area contributed by atoms with Crippen molar-refractivity contribution in [3.63, 3.8) is 0 Å². The fourth-order valence-corrected chi connectivity index (χ4v) is 2.91. The van der Waals surface area contributed by atoms with Gasteiger partial charge in [-0.15, -0.1) is 0 Å². The van der Waals surface area contributed by atoms with Gasteiger partial charge in [-0.25, -0.2) is 4.74 Å². The summed E-state index contributed by atoms with van der Waals surface area (Å²) in [5.41, 5.74) is 1.45. The number of ether oxygens (including phenoxy) is 1. The van der Waals surface area contributed by atoms with Crippen LogP contribution in [-0.2, 0) is 0 Å². The van der Waals surface area contributed by atoms with Gasteiger partial charge in [0.15, 0.2) is 6.21 Å². The fraction of sp³-hybridized carbons (Fsp3) is 0.136. The summed E-state index contributed by atoms with van der Waals surface area (Å²) in [4.78, 5) is 0. The first-order valence-electron chi connectivity index (χ1n) is 8.46. The summed E-state index contributed by atoms with van der Waals surface area (Å²) in [5, 5.41) is 24.5. The minimum atomic E-state index is -0.678. The molecular formula is C22H21NO3. The molecule has 3 rings (SSSR count). The van der Waals surface area contributed by atoms with Gasteiger partial charge in [-0.2, -0.15) is 0 Å². The molecule has 0 radical (unpaired) electrons. The van der Waals surface area contributed by atoms with E-state index in [2.05, 4.69) is 6.58 Å². The first-order valence-corrected chi connectivity index (χ1v) is 8.46. The Morgan fingerprint density at radius 1 is 1.04 bits per heavy atom. The van der Waals surface area contributed by atoms with Crippen molar-refractivity contribution in [1.82, 2.24) is 0 Å². The van der Waals surface area contributed by atoms with Crippen LogP contribution in [0.5, 0.6) is 5.75 Å². The lowest BCUT2D eigenvalue weighted by Gasteiger charge is -2.16. The van der Waals surface area contributed by atoms with E-state index in [0.29, 0.717) is 17.9 Å². The van der Waals surface area contributed by atoms with Gasteiger partial charge in [0.2, 0.25) is 6.04 Å². The van der Waals surface area contributed by atoms with Crippen LogP contribution in [0.3, 0.4) is 0 Å². The van der Waals surface area contributed by atoms with Gasteiger partial charge in [0.25, 0.3) is 0 Å². The Kier molecular flexibility index (Phi) is 5.66. The van der Waals surface area contributed by atoms with Crippen LogP contribution in [0.15, 0.2) is 79.4 Å². The molecule has 0 amide bonds. The van der Waals surface area contributed by atoms with Crippen molar-refractivity contribution < 1.29 is 14.6 Å². The van der Waals surface area contributed by atoms with Crippen LogP contribution in [0.1, 0.15) is 17.2 Å². The quantitative estimate of drug-likeness (QED) is 0.230. The van der Waals surface area contributed by atoms with Crippen molar-refractivity contribution >= 4 is 17.0 Å². The lowest BCUT2D eigenvalue weighted by molar-refractivity contribution is -0.506. The predicted octanol–water partition coefficient (Wildman–Crippen LogP) is 4.07. The molecule has 0 saturated carbocycles. The Labute approximate surface area is 152 Å². The highest BCUT2D eigenvalue weighted by atomic mass is 16.5. The third-order valence-corrected chi connectivity index (χ3v) is 4.21. The zero-order valence-electron chi connectivity index (χ0n) is 14.4. The second-order valence-electron chi connectivity index (χ2n) is 5.90. The first-order chi connectivity index (χ1) is 12.7. The van der Waals surface area contributed by atoms with E-state index in [1.165, 1.54) is 6.21 Å². The van der Waals surface area contributed by atoms with E-state index < -0.39 is 6.04 Å². The minimum Gasteiger partial charge on any atom is -0.623 e. The molecule has 0 bridgehead atoms. The molecule has 26 heavy (non-hydrogen) atoms. The van der Waals surface area contributed by atoms with Crippen molar-refractivity contribution in [2.75, 3.05) is 13.2 Å². The number of aliphatic hydroxyl groups excluding tert-OH is 1. The Balaban J connectivity index is 2.10. The molecule has 0 heterocycles. The average molecular weight is 347 g/mol. The summed E-state index contributed by atoms with van der Waals surface area (Å²) < 4.78 is 6.53. The molecule has 0 unspecified atom stereocenters. The summed E-state index contributed by atoms with van der Waals surface area (Å²) in [6.45, 7) is 3.74. The third-order valence-electron chi connectivity index (χ3n) is 4.21. The predicted molar refractivity (Wildman–Crippen MR) is 105 cm³/mol. The van der Waals surface area contributed by atoms with Crippen LogP contribution in [0, 0.1) is 5.21 Å². The fourth-order valence-electron chi connectivity index (χ4n) is 2.91. The topological polar surface area (TPSA) is 55.5 Å². The van der Waals surface area contributed by atoms with Gasteiger partial charge >= 0.3 is 0 Å². The highest BCUT2D eigenvalue weighted by Gasteiger charge is 2.19. The summed E-state index contributed by atoms with van der Waals surface area (Å²) in [7, 11) is 0. The maximum atomic E-state index is 12.8. The van der Waals surface area contributed by atoms with Crippen molar-refractivity contribution in [2.45, 2.75) is 6.04 Å². The van der Waals surface area contributed by atoms with Crippen LogP contribution in [0.25, 0.3) is 10.8 Å². The lowest BCUT2D eigenvalue weighted by atomic mass is 10.0. The molecule has 0 saturated heterocycles. The van der Waals surface area contributed by atoms with Crippen LogP contribution >= 0.6 is 0 Å². The van der Waals surface area contributed by atoms with E-state index in [0.717, 1.165) is 21.1 Å². The Morgan fingerprint density at radius 3 is 2.50 bits per heavy atom. The van der Waals surface area contributed by atoms with Gasteiger partial charge in [-0.3, -0.25) is 0 Å². The number of rotatable bonds is 7. The SMILES string of the molecule is C=CCOc1ccc2ccccc2c1/C=[N+](\[O-])[C@@H](CO)c1ccccc1. The Hall–Kier alpha value is -3.11. The van der Waals surface area contributed by atoms with Crippen molar-refractivity contribution in [2.24, 2.45) is 0 Å². The highest BCUT2D eigenvalue weighted by molar-refractivity contribution is 6.01. The minimum absolute atomic E-state index is 0.280. The molecule has 0 aliphatic heterocycles. The van der Waals surface area contributed by atoms with Gasteiger partial charge in [-0.05, 0) is 16.8 Å². The summed E-state index contributed by atoms with van der Waals surface area (Å²) in [5.74, 6) is 0.606. The molecule has 132 valence electrons. The molecule has 4 nitrogen and oxygen atoms in total. The molecule has 3 aromatic carbocycles. The lowest BCUT2D eigenvalue weighted by Crippen LogP contribution is -2.19. The summed E-state index contributed by atoms with van der Waals surface area (Å²) >= 11 is 0. The molecular weight excluding hydrogens is 326 g/mol. The van der Waals surface area contributed by atoms with Gasteiger partial charge in [0.05, 0.1) is 5.56 Å². The molecule has 1 N–H and O–H groups in total. The van der Waals surface area contributed by atoms with Crippen LogP contribution in [0.2, 0.25) is 0 Å². The molecule has 0 fully saturated rings. The molecule has 4 heteroatoms. The number of hydrogen-bond acceptors (Lipinski definition) is 3. The summed E-state index contributed by atoms with van der Waals surface area (Å²) in [6.07, 6.45) is 3.16. The van der Waals surface area contributed by atoms with Gasteiger partial charge in [-0.1, -0.05) is 73.3 Å². The first kappa shape index (κ1) is 17.7. The smallest absolute Gasteiger partial charge is 0.211 e. The maximum Gasteiger partial charge on any atom is 0.211 e. The van der Waals surface area contributed by atoms with E-state index in [1.54, 1.807) is 6.08 Å². The largest absolute Gasteiger partial charge is 0.623 e. The summed E-state index contributed by atoms with van der Waals surface area (Å²) in [6, 6.07) is 20.2. The molecule has 0 aliphatic rings. The number of fused-ring (bicyclic) bond motifs is 1. The number of nitrogens with zero attached hydrogens (tertiary/aromatic N) is 1. The second-order valence-corrected chi connectivity index (χ2v) is 5.90. The van der Waals surface area contributed by atoms with Gasteiger partial charge in [0, 0.05) is 5.56 Å². The van der Waals surface area contributed by atoms with E-state index in [1.807, 2.05) is 66.7 Å². The van der Waals surface area contributed by atoms with E-state index >= 15 is 0 Å². The van der Waals surface area contributed by atoms with Crippen molar-refractivity contribution in [1.29, 1.82) is 0 Å². The third kappa shape index (κ3) is 3.76. The Morgan fingerprint density at radius 2 is 1.77 bits per heavy atom. The maximum absolute atomic E-state index is 12.8. The second kappa shape index (κ2) is 8.32. The van der Waals surface area contributed by atoms with Crippen LogP contribution in [-0.4, -0.2) is 29.3 Å². The van der Waals surface area contributed by atoms with E-state index in [-0.39, 0.29) is 6.61 Å². The zero-order chi connectivity index (χ0) is 18.4. The molecule has 1 atom stereocenters. The average Bonchev–Trinajstić information content (AvgIpc) is 2.69. The number of benzene rings is 3. The standard InChI is InChI=1S/C22H21NO3/c1-2-14-26-22-13-12-17-8-6-7-11-19(17)20(22)15-23(25)21(16-24)18-9-4-3-5-10-18/h2-13,15,21,24H,1,14,16H2/b23-15-/t21-/m0/s1. The van der Waals surface area contributed by atoms with E-state index in [4.69, 9.17) is 4.74 Å². The monoisotopic (exact) mass is 347 g/mol. The number of hydroxylamine groups is 1. The number of aliphatic hydroxyl groups is 1. The Bertz CT molecular complexity index is 919. The van der Waals surface area contributed by atoms with Gasteiger partial charge < -0.3 is 15.1 Å². The highest BCUT2D eigenvalue weighted by Crippen LogP contribution is 2.27.